The molecule has 0 unspecified atom stereocenters. The van der Waals surface area contributed by atoms with Gasteiger partial charge in [-0.3, -0.25) is 0 Å². The quantitative estimate of drug-likeness (QED) is 0.0969. The van der Waals surface area contributed by atoms with E-state index in [9.17, 15) is 0 Å². The first kappa shape index (κ1) is 80.0. The molecular weight excluding hydrogens is 961 g/mol. The van der Waals surface area contributed by atoms with Gasteiger partial charge in [0.25, 0.3) is 0 Å². The molecule has 0 spiro atoms. The molecule has 0 aromatic carbocycles. The fourth-order valence-corrected chi connectivity index (χ4v) is 0. The number of hydrogen-bond acceptors (Lipinski definition) is 35. The second-order valence-corrected chi connectivity index (χ2v) is 7.06. The van der Waals surface area contributed by atoms with Crippen LogP contribution in [-0.4, -0.2) is 48.7 Å². The summed E-state index contributed by atoms with van der Waals surface area (Å²) in [5.74, 6) is 0. The molecule has 0 saturated carbocycles. The van der Waals surface area contributed by atoms with Crippen molar-refractivity contribution in [2.45, 2.75) is 0 Å². The van der Waals surface area contributed by atoms with Crippen molar-refractivity contribution in [3.05, 3.63) is 76.6 Å². The molecule has 0 aliphatic heterocycles. The van der Waals surface area contributed by atoms with E-state index in [0.29, 0.717) is 0 Å². The van der Waals surface area contributed by atoms with Crippen LogP contribution in [0, 0.1) is 170 Å². The molecular formula is H9CeCl5N6O35. The van der Waals surface area contributed by atoms with Crippen LogP contribution >= 0.6 is 0 Å². The topological polar surface area (TPSA) is 815 Å². The third-order valence-electron chi connectivity index (χ3n) is 0. The molecule has 0 aromatic rings. The smallest absolute Gasteiger partial charge is 0.369 e. The van der Waals surface area contributed by atoms with Crippen LogP contribution in [0.5, 0.6) is 0 Å². The van der Waals surface area contributed by atoms with Gasteiger partial charge in [-0.2, -0.15) is 69.9 Å². The average Bonchev–Trinajstić information content (AvgIpc) is 2.41. The van der Waals surface area contributed by atoms with Crippen molar-refractivity contribution in [1.29, 1.82) is 0 Å². The first-order chi connectivity index (χ1) is 18.7. The number of nitrogens with zero attached hydrogens (tertiary/aromatic N) is 5. The molecule has 288 valence electrons. The molecule has 0 aliphatic carbocycles. The monoisotopic (exact) mass is 968 g/mol. The molecule has 9 N–H and O–H groups in total. The molecule has 0 rings (SSSR count). The summed E-state index contributed by atoms with van der Waals surface area (Å²) in [4.78, 5) is 41.2. The minimum atomic E-state index is -4.69. The van der Waals surface area contributed by atoms with Gasteiger partial charge in [0.1, 0.15) is 0 Å². The van der Waals surface area contributed by atoms with Gasteiger partial charge in [-0.25, -0.2) is 0 Å². The third-order valence-corrected chi connectivity index (χ3v) is 0. The summed E-state index contributed by atoms with van der Waals surface area (Å²) in [6, 6.07) is 0. The van der Waals surface area contributed by atoms with E-state index in [1.54, 1.807) is 0 Å². The molecule has 0 atom stereocenters. The number of hydrogen-bond donors (Lipinski definition) is 6. The van der Waals surface area contributed by atoms with Gasteiger partial charge in [-0.05, 0) is 0 Å². The molecule has 47 heavy (non-hydrogen) atoms. The zero-order chi connectivity index (χ0) is 40.4. The van der Waals surface area contributed by atoms with E-state index in [4.69, 9.17) is 170 Å². The van der Waals surface area contributed by atoms with E-state index < -0.39 is 76.6 Å². The largest absolute Gasteiger partial charge is 4.00 e. The maximum Gasteiger partial charge on any atom is 4.00 e. The Kier molecular flexibility index (Phi) is 74.9. The Bertz CT molecular complexity index is 506. The second-order valence-electron chi connectivity index (χ2n) is 3.10. The van der Waals surface area contributed by atoms with E-state index in [2.05, 4.69) is 0 Å². The van der Waals surface area contributed by atoms with Crippen LogP contribution in [0.15, 0.2) is 0 Å². The summed E-state index contributed by atoms with van der Waals surface area (Å²) in [6.45, 7) is 0. The van der Waals surface area contributed by atoms with E-state index >= 15 is 0 Å². The number of rotatable bonds is 0. The van der Waals surface area contributed by atoms with E-state index in [1.165, 1.54) is 0 Å². The molecule has 0 aliphatic rings. The summed E-state index contributed by atoms with van der Waals surface area (Å²) in [5, 5.41) is 73.8. The molecule has 0 amide bonds. The van der Waals surface area contributed by atoms with Crippen LogP contribution in [0.4, 0.5) is 0 Å². The normalized spacial score (nSPS) is 8.94. The Balaban J connectivity index is -0.0000000289. The Morgan fingerprint density at radius 1 is 0.277 bits per heavy atom. The Labute approximate surface area is 293 Å². The molecule has 0 aromatic heterocycles. The Hall–Kier alpha value is -2.01. The Morgan fingerprint density at radius 2 is 0.277 bits per heavy atom. The van der Waals surface area contributed by atoms with Gasteiger partial charge in [0.05, 0.1) is 99.9 Å². The van der Waals surface area contributed by atoms with Crippen molar-refractivity contribution < 1.29 is 212 Å². The van der Waals surface area contributed by atoms with Gasteiger partial charge in [0.15, 0.2) is 0 Å². The molecule has 0 heterocycles. The summed E-state index contributed by atoms with van der Waals surface area (Å²) in [5.41, 5.74) is 0. The summed E-state index contributed by atoms with van der Waals surface area (Å²) < 4.78 is 164. The molecule has 47 heteroatoms. The fraction of sp³-hybridized carbons (Fsp3) is 0. The zero-order valence-electron chi connectivity index (χ0n) is 20.1. The van der Waals surface area contributed by atoms with Crippen molar-refractivity contribution in [2.75, 3.05) is 0 Å². The molecule has 0 fully saturated rings. The maximum atomic E-state index is 8.60. The van der Waals surface area contributed by atoms with Gasteiger partial charge < -0.3 is 82.8 Å². The van der Waals surface area contributed by atoms with Crippen LogP contribution in [0.2, 0.25) is 0 Å². The molecule has 0 saturated heterocycles. The minimum Gasteiger partial charge on any atom is -0.369 e. The van der Waals surface area contributed by atoms with Gasteiger partial charge in [-0.1, -0.05) is 0 Å². The number of quaternary nitrogens is 1. The molecule has 0 bridgehead atoms. The second kappa shape index (κ2) is 44.0. The van der Waals surface area contributed by atoms with E-state index in [0.717, 1.165) is 0 Å². The van der Waals surface area contributed by atoms with Crippen LogP contribution in [0.1, 0.15) is 0 Å². The minimum absolute atomic E-state index is 0. The standard InChI is InChI=1S/Ce.5ClHO4.5NO3.H3N/c;5*2-1(3,4)5;5*2-1(3)4;/h;5*(H,2,3,4,5);;;;;;1H3/q+4;;;;;;5*-1;/p+1. The van der Waals surface area contributed by atoms with Crippen molar-refractivity contribution in [3.63, 3.8) is 0 Å². The fourth-order valence-electron chi connectivity index (χ4n) is 0. The summed E-state index contributed by atoms with van der Waals surface area (Å²) >= 11 is 0. The molecule has 41 nitrogen and oxygen atoms in total. The Morgan fingerprint density at radius 3 is 0.277 bits per heavy atom. The summed E-state index contributed by atoms with van der Waals surface area (Å²) in [7, 11) is -23.5. The van der Waals surface area contributed by atoms with Crippen molar-refractivity contribution in [2.24, 2.45) is 0 Å². The predicted molar refractivity (Wildman–Crippen MR) is 68.9 cm³/mol. The average molecular weight is 970 g/mol. The van der Waals surface area contributed by atoms with Crippen LogP contribution in [0.3, 0.4) is 0 Å². The van der Waals surface area contributed by atoms with Crippen LogP contribution in [-0.2, 0) is 0 Å². The predicted octanol–water partition coefficient (Wildman–Crippen LogP) is -21.4. The van der Waals surface area contributed by atoms with Crippen LogP contribution < -0.4 is 76.0 Å². The first-order valence-electron chi connectivity index (χ1n) is 5.90. The zero-order valence-corrected chi connectivity index (χ0v) is 27.0. The van der Waals surface area contributed by atoms with Crippen molar-refractivity contribution >= 4 is 0 Å². The maximum absolute atomic E-state index is 8.60. The van der Waals surface area contributed by atoms with Crippen molar-refractivity contribution in [1.82, 2.24) is 6.15 Å². The van der Waals surface area contributed by atoms with Gasteiger partial charge in [0.2, 0.25) is 0 Å². The first-order valence-corrected chi connectivity index (χ1v) is 12.2. The van der Waals surface area contributed by atoms with Gasteiger partial charge in [0, 0.05) is 0 Å². The summed E-state index contributed by atoms with van der Waals surface area (Å²) in [6.07, 6.45) is 0. The molecule has 0 radical (unpaired) electrons. The number of halogens is 5. The van der Waals surface area contributed by atoms with Crippen LogP contribution in [0.25, 0.3) is 0 Å². The van der Waals surface area contributed by atoms with E-state index in [1.807, 2.05) is 0 Å². The SMILES string of the molecule is O=[N+]([O-])[O-].O=[N+]([O-])[O-].O=[N+]([O-])[O-].O=[N+]([O-])[O-].O=[N+]([O-])[O-].[Ce+4].[NH4+].[O-][Cl+3]([O-])([O-])O.[O-][Cl+3]([O-])([O-])O.[O-][Cl+3]([O-])([O-])O.[O-][Cl+3]([O-])([O-])O.[O-][Cl+3]([O-])([O-])O. The van der Waals surface area contributed by atoms with Gasteiger partial charge >= 0.3 is 41.7 Å². The van der Waals surface area contributed by atoms with Gasteiger partial charge in [-0.15, -0.1) is 0 Å². The third kappa shape index (κ3) is 19100. The van der Waals surface area contributed by atoms with Crippen molar-refractivity contribution in [3.8, 4) is 0 Å². The van der Waals surface area contributed by atoms with E-state index in [-0.39, 0.29) is 47.9 Å².